The number of hydrogen-bond acceptors (Lipinski definition) is 3. The van der Waals surface area contributed by atoms with Gasteiger partial charge in [0.15, 0.2) is 0 Å². The number of ether oxygens (including phenoxy) is 2. The van der Waals surface area contributed by atoms with Crippen LogP contribution in [0.3, 0.4) is 0 Å². The second-order valence-corrected chi connectivity index (χ2v) is 5.98. The van der Waals surface area contributed by atoms with Gasteiger partial charge in [-0.15, -0.1) is 0 Å². The van der Waals surface area contributed by atoms with E-state index >= 15 is 0 Å². The Morgan fingerprint density at radius 2 is 1.57 bits per heavy atom. The van der Waals surface area contributed by atoms with E-state index in [-0.39, 0.29) is 5.97 Å². The summed E-state index contributed by atoms with van der Waals surface area (Å²) in [6.07, 6.45) is 10.4. The monoisotopic (exact) mass is 320 g/mol. The van der Waals surface area contributed by atoms with Crippen LogP contribution in [0.15, 0.2) is 24.3 Å². The Hall–Kier alpha value is -1.51. The van der Waals surface area contributed by atoms with Crippen LogP contribution in [0.5, 0.6) is 5.75 Å². The Bertz CT molecular complexity index is 411. The Labute approximate surface area is 141 Å². The van der Waals surface area contributed by atoms with Crippen molar-refractivity contribution in [2.45, 2.75) is 71.6 Å². The fourth-order valence-corrected chi connectivity index (χ4v) is 2.45. The maximum atomic E-state index is 11.2. The largest absolute Gasteiger partial charge is 0.490 e. The summed E-state index contributed by atoms with van der Waals surface area (Å²) in [5, 5.41) is 0. The average Bonchev–Trinajstić information content (AvgIpc) is 2.56. The minimum atomic E-state index is -0.148. The Morgan fingerprint density at radius 3 is 2.26 bits per heavy atom. The molecule has 0 bridgehead atoms. The molecule has 0 heterocycles. The van der Waals surface area contributed by atoms with Crippen molar-refractivity contribution < 1.29 is 14.3 Å². The molecule has 0 spiro atoms. The van der Waals surface area contributed by atoms with Crippen LogP contribution in [0, 0.1) is 0 Å². The third kappa shape index (κ3) is 9.98. The predicted molar refractivity (Wildman–Crippen MR) is 94.9 cm³/mol. The molecule has 0 saturated heterocycles. The number of aryl methyl sites for hydroxylation is 1. The third-order valence-corrected chi connectivity index (χ3v) is 3.81. The molecule has 130 valence electrons. The molecule has 1 rings (SSSR count). The van der Waals surface area contributed by atoms with Gasteiger partial charge in [0.25, 0.3) is 0 Å². The first-order valence-corrected chi connectivity index (χ1v) is 9.13. The van der Waals surface area contributed by atoms with Crippen LogP contribution in [0.25, 0.3) is 0 Å². The van der Waals surface area contributed by atoms with Gasteiger partial charge in [0.1, 0.15) is 19.0 Å². The van der Waals surface area contributed by atoms with Crippen LogP contribution in [0.1, 0.15) is 70.8 Å². The molecule has 3 nitrogen and oxygen atoms in total. The van der Waals surface area contributed by atoms with Gasteiger partial charge in [-0.05, 0) is 37.0 Å². The summed E-state index contributed by atoms with van der Waals surface area (Å²) in [6.45, 7) is 4.94. The van der Waals surface area contributed by atoms with Crippen molar-refractivity contribution in [2.75, 3.05) is 13.2 Å². The zero-order valence-electron chi connectivity index (χ0n) is 14.8. The average molecular weight is 320 g/mol. The lowest BCUT2D eigenvalue weighted by Crippen LogP contribution is -2.11. The van der Waals surface area contributed by atoms with Crippen LogP contribution in [-0.2, 0) is 16.0 Å². The lowest BCUT2D eigenvalue weighted by atomic mass is 10.0. The van der Waals surface area contributed by atoms with Crippen molar-refractivity contribution in [1.29, 1.82) is 0 Å². The summed E-state index contributed by atoms with van der Waals surface area (Å²) in [7, 11) is 0. The van der Waals surface area contributed by atoms with Crippen molar-refractivity contribution in [3.05, 3.63) is 29.8 Å². The van der Waals surface area contributed by atoms with E-state index in [9.17, 15) is 4.79 Å². The molecule has 0 N–H and O–H groups in total. The second kappa shape index (κ2) is 13.0. The highest BCUT2D eigenvalue weighted by atomic mass is 16.6. The van der Waals surface area contributed by atoms with E-state index in [4.69, 9.17) is 9.47 Å². The molecule has 1 aromatic carbocycles. The minimum Gasteiger partial charge on any atom is -0.490 e. The smallest absolute Gasteiger partial charge is 0.305 e. The van der Waals surface area contributed by atoms with E-state index in [1.165, 1.54) is 44.1 Å². The minimum absolute atomic E-state index is 0.148. The van der Waals surface area contributed by atoms with Gasteiger partial charge in [-0.3, -0.25) is 4.79 Å². The van der Waals surface area contributed by atoms with Crippen molar-refractivity contribution >= 4 is 5.97 Å². The molecule has 0 aliphatic heterocycles. The predicted octanol–water partition coefficient (Wildman–Crippen LogP) is 5.31. The first-order chi connectivity index (χ1) is 11.3. The van der Waals surface area contributed by atoms with Crippen LogP contribution in [0.2, 0.25) is 0 Å². The molecule has 1 aromatic rings. The lowest BCUT2D eigenvalue weighted by Gasteiger charge is -2.08. The first-order valence-electron chi connectivity index (χ1n) is 9.13. The molecular formula is C20H32O3. The van der Waals surface area contributed by atoms with E-state index in [0.717, 1.165) is 18.6 Å². The zero-order valence-corrected chi connectivity index (χ0v) is 14.8. The molecule has 0 radical (unpaired) electrons. The van der Waals surface area contributed by atoms with Gasteiger partial charge in [-0.2, -0.15) is 0 Å². The van der Waals surface area contributed by atoms with Crippen LogP contribution in [-0.4, -0.2) is 19.2 Å². The number of carbonyl (C=O) groups excluding carboxylic acids is 1. The maximum Gasteiger partial charge on any atom is 0.305 e. The molecule has 0 unspecified atom stereocenters. The summed E-state index contributed by atoms with van der Waals surface area (Å²) >= 11 is 0. The third-order valence-electron chi connectivity index (χ3n) is 3.81. The summed E-state index contributed by atoms with van der Waals surface area (Å²) in [6, 6.07) is 8.26. The van der Waals surface area contributed by atoms with E-state index in [0.29, 0.717) is 19.6 Å². The highest BCUT2D eigenvalue weighted by molar-refractivity contribution is 5.69. The zero-order chi connectivity index (χ0) is 16.8. The summed E-state index contributed by atoms with van der Waals surface area (Å²) in [5.41, 5.74) is 1.36. The molecule has 0 aliphatic carbocycles. The SMILES string of the molecule is CCCCCCCCc1ccc(OCCOC(=O)CCC)cc1. The van der Waals surface area contributed by atoms with Gasteiger partial charge < -0.3 is 9.47 Å². The fraction of sp³-hybridized carbons (Fsp3) is 0.650. The van der Waals surface area contributed by atoms with E-state index in [2.05, 4.69) is 19.1 Å². The van der Waals surface area contributed by atoms with Gasteiger partial charge in [-0.25, -0.2) is 0 Å². The standard InChI is InChI=1S/C20H32O3/c1-3-5-6-7-8-9-11-18-12-14-19(15-13-18)22-16-17-23-20(21)10-4-2/h12-15H,3-11,16-17H2,1-2H3. The summed E-state index contributed by atoms with van der Waals surface area (Å²) in [4.78, 5) is 11.2. The Kier molecular flexibility index (Phi) is 11.0. The van der Waals surface area contributed by atoms with Crippen LogP contribution >= 0.6 is 0 Å². The van der Waals surface area contributed by atoms with Gasteiger partial charge in [0.2, 0.25) is 0 Å². The van der Waals surface area contributed by atoms with Gasteiger partial charge in [-0.1, -0.05) is 58.1 Å². The van der Waals surface area contributed by atoms with Crippen molar-refractivity contribution in [3.8, 4) is 5.75 Å². The molecule has 23 heavy (non-hydrogen) atoms. The number of rotatable bonds is 13. The van der Waals surface area contributed by atoms with Gasteiger partial charge in [0, 0.05) is 6.42 Å². The topological polar surface area (TPSA) is 35.5 Å². The quantitative estimate of drug-likeness (QED) is 0.365. The number of benzene rings is 1. The van der Waals surface area contributed by atoms with Crippen molar-refractivity contribution in [3.63, 3.8) is 0 Å². The molecule has 0 saturated carbocycles. The summed E-state index contributed by atoms with van der Waals surface area (Å²) < 4.78 is 10.6. The summed E-state index contributed by atoms with van der Waals surface area (Å²) in [5.74, 6) is 0.689. The molecule has 0 fully saturated rings. The van der Waals surface area contributed by atoms with E-state index in [1.54, 1.807) is 0 Å². The molecule has 0 atom stereocenters. The van der Waals surface area contributed by atoms with Gasteiger partial charge in [0.05, 0.1) is 0 Å². The Balaban J connectivity index is 2.12. The van der Waals surface area contributed by atoms with Crippen molar-refractivity contribution in [2.24, 2.45) is 0 Å². The molecule has 0 amide bonds. The molecule has 0 aliphatic rings. The highest BCUT2D eigenvalue weighted by Crippen LogP contribution is 2.15. The number of unbranched alkanes of at least 4 members (excludes halogenated alkanes) is 5. The van der Waals surface area contributed by atoms with Crippen molar-refractivity contribution in [1.82, 2.24) is 0 Å². The van der Waals surface area contributed by atoms with Gasteiger partial charge >= 0.3 is 5.97 Å². The fourth-order valence-electron chi connectivity index (χ4n) is 2.45. The van der Waals surface area contributed by atoms with Crippen LogP contribution < -0.4 is 4.74 Å². The lowest BCUT2D eigenvalue weighted by molar-refractivity contribution is -0.144. The normalized spacial score (nSPS) is 10.5. The number of esters is 1. The number of hydrogen-bond donors (Lipinski definition) is 0. The second-order valence-electron chi connectivity index (χ2n) is 5.98. The molecular weight excluding hydrogens is 288 g/mol. The first kappa shape index (κ1) is 19.5. The van der Waals surface area contributed by atoms with E-state index < -0.39 is 0 Å². The Morgan fingerprint density at radius 1 is 0.870 bits per heavy atom. The molecule has 3 heteroatoms. The van der Waals surface area contributed by atoms with E-state index in [1.807, 2.05) is 19.1 Å². The number of carbonyl (C=O) groups is 1. The maximum absolute atomic E-state index is 11.2. The molecule has 0 aromatic heterocycles. The van der Waals surface area contributed by atoms with Crippen LogP contribution in [0.4, 0.5) is 0 Å². The highest BCUT2D eigenvalue weighted by Gasteiger charge is 2.01.